The quantitative estimate of drug-likeness (QED) is 0.427. The van der Waals surface area contributed by atoms with E-state index in [0.29, 0.717) is 34.7 Å². The standard InChI is InChI=1S/C24H25N5O3S2/c1-3-34(31,32)27-17-14-18(24(30)29-12-7-10-20(29)23-25-11-13-33-23)21-19(15-17)26-22(28(21)2)16-8-5-4-6-9-16/h4-6,8-9,11,13-15,20,27H,3,7,10,12H2,1-2H3. The number of fused-ring (bicyclic) bond motifs is 1. The van der Waals surface area contributed by atoms with E-state index in [1.165, 1.54) is 0 Å². The maximum absolute atomic E-state index is 13.9. The Hall–Kier alpha value is -3.24. The van der Waals surface area contributed by atoms with Crippen molar-refractivity contribution in [1.82, 2.24) is 19.4 Å². The molecule has 0 saturated carbocycles. The van der Waals surface area contributed by atoms with E-state index >= 15 is 0 Å². The first-order chi connectivity index (χ1) is 16.4. The van der Waals surface area contributed by atoms with Crippen LogP contribution in [0.3, 0.4) is 0 Å². The van der Waals surface area contributed by atoms with E-state index in [-0.39, 0.29) is 17.7 Å². The van der Waals surface area contributed by atoms with Crippen molar-refractivity contribution in [2.75, 3.05) is 17.0 Å². The summed E-state index contributed by atoms with van der Waals surface area (Å²) in [5.41, 5.74) is 2.91. The Bertz CT molecular complexity index is 1450. The predicted octanol–water partition coefficient (Wildman–Crippen LogP) is 4.44. The van der Waals surface area contributed by atoms with E-state index in [0.717, 1.165) is 23.4 Å². The first kappa shape index (κ1) is 22.5. The minimum absolute atomic E-state index is 0.0654. The lowest BCUT2D eigenvalue weighted by Crippen LogP contribution is -2.31. The molecule has 2 aromatic heterocycles. The molecule has 1 N–H and O–H groups in total. The molecular formula is C24H25N5O3S2. The summed E-state index contributed by atoms with van der Waals surface area (Å²) >= 11 is 1.54. The van der Waals surface area contributed by atoms with Crippen molar-refractivity contribution in [3.05, 3.63) is 64.6 Å². The Labute approximate surface area is 202 Å². The minimum Gasteiger partial charge on any atom is -0.329 e. The van der Waals surface area contributed by atoms with Crippen LogP contribution in [0.1, 0.15) is 41.2 Å². The molecule has 4 aromatic rings. The van der Waals surface area contributed by atoms with Gasteiger partial charge in [0, 0.05) is 30.7 Å². The molecule has 10 heteroatoms. The average Bonchev–Trinajstić information content (AvgIpc) is 3.59. The number of carbonyl (C=O) groups is 1. The number of anilines is 1. The van der Waals surface area contributed by atoms with Crippen molar-refractivity contribution in [3.63, 3.8) is 0 Å². The molecule has 0 aliphatic carbocycles. The third-order valence-electron chi connectivity index (χ3n) is 6.14. The molecule has 1 aliphatic rings. The van der Waals surface area contributed by atoms with Crippen molar-refractivity contribution in [1.29, 1.82) is 0 Å². The Morgan fingerprint density at radius 3 is 2.74 bits per heavy atom. The molecule has 0 bridgehead atoms. The largest absolute Gasteiger partial charge is 0.329 e. The number of nitrogens with one attached hydrogen (secondary N) is 1. The van der Waals surface area contributed by atoms with E-state index in [1.807, 2.05) is 52.2 Å². The summed E-state index contributed by atoms with van der Waals surface area (Å²) < 4.78 is 29.1. The Kier molecular flexibility index (Phi) is 5.86. The summed E-state index contributed by atoms with van der Waals surface area (Å²) in [6, 6.07) is 13.0. The van der Waals surface area contributed by atoms with Gasteiger partial charge in [0.05, 0.1) is 34.1 Å². The summed E-state index contributed by atoms with van der Waals surface area (Å²) in [6.07, 6.45) is 3.50. The number of likely N-dealkylation sites (tertiary alicyclic amines) is 1. The highest BCUT2D eigenvalue weighted by Crippen LogP contribution is 2.36. The number of sulfonamides is 1. The second kappa shape index (κ2) is 8.84. The molecule has 0 radical (unpaired) electrons. The van der Waals surface area contributed by atoms with E-state index < -0.39 is 10.0 Å². The van der Waals surface area contributed by atoms with Crippen LogP contribution in [0.5, 0.6) is 0 Å². The van der Waals surface area contributed by atoms with Gasteiger partial charge in [-0.05, 0) is 31.9 Å². The van der Waals surface area contributed by atoms with E-state index in [1.54, 1.807) is 36.6 Å². The van der Waals surface area contributed by atoms with Gasteiger partial charge in [-0.15, -0.1) is 11.3 Å². The first-order valence-electron chi connectivity index (χ1n) is 11.1. The number of imidazole rings is 1. The van der Waals surface area contributed by atoms with Crippen molar-refractivity contribution >= 4 is 44.0 Å². The van der Waals surface area contributed by atoms with Gasteiger partial charge in [0.1, 0.15) is 10.8 Å². The number of aryl methyl sites for hydroxylation is 1. The highest BCUT2D eigenvalue weighted by molar-refractivity contribution is 7.92. The van der Waals surface area contributed by atoms with Gasteiger partial charge in [0.2, 0.25) is 10.0 Å². The van der Waals surface area contributed by atoms with Gasteiger partial charge in [-0.25, -0.2) is 18.4 Å². The molecule has 176 valence electrons. The number of aromatic nitrogens is 3. The molecule has 1 aliphatic heterocycles. The van der Waals surface area contributed by atoms with Crippen LogP contribution in [0.4, 0.5) is 5.69 Å². The molecule has 2 aromatic carbocycles. The zero-order valence-electron chi connectivity index (χ0n) is 18.9. The molecule has 1 atom stereocenters. The number of thiazole rings is 1. The highest BCUT2D eigenvalue weighted by atomic mass is 32.2. The summed E-state index contributed by atoms with van der Waals surface area (Å²) in [4.78, 5) is 25.0. The number of carbonyl (C=O) groups excluding carboxylic acids is 1. The number of benzene rings is 2. The fourth-order valence-corrected chi connectivity index (χ4v) is 5.90. The second-order valence-corrected chi connectivity index (χ2v) is 11.2. The lowest BCUT2D eigenvalue weighted by molar-refractivity contribution is 0.0737. The molecule has 1 unspecified atom stereocenters. The van der Waals surface area contributed by atoms with Gasteiger partial charge >= 0.3 is 0 Å². The molecule has 1 fully saturated rings. The number of hydrogen-bond acceptors (Lipinski definition) is 6. The third kappa shape index (κ3) is 4.07. The Morgan fingerprint density at radius 1 is 1.24 bits per heavy atom. The summed E-state index contributed by atoms with van der Waals surface area (Å²) in [6.45, 7) is 2.20. The summed E-state index contributed by atoms with van der Waals surface area (Å²) in [5, 5.41) is 2.84. The van der Waals surface area contributed by atoms with Gasteiger partial charge in [0.25, 0.3) is 5.91 Å². The maximum Gasteiger partial charge on any atom is 0.256 e. The molecule has 0 spiro atoms. The van der Waals surface area contributed by atoms with Gasteiger partial charge in [-0.3, -0.25) is 9.52 Å². The van der Waals surface area contributed by atoms with Crippen molar-refractivity contribution in [2.24, 2.45) is 7.05 Å². The summed E-state index contributed by atoms with van der Waals surface area (Å²) in [5.74, 6) is 0.491. The third-order valence-corrected chi connectivity index (χ3v) is 8.32. The minimum atomic E-state index is -3.52. The highest BCUT2D eigenvalue weighted by Gasteiger charge is 2.34. The Balaban J connectivity index is 1.67. The second-order valence-electron chi connectivity index (χ2n) is 8.28. The molecule has 5 rings (SSSR count). The predicted molar refractivity (Wildman–Crippen MR) is 134 cm³/mol. The van der Waals surface area contributed by atoms with Crippen LogP contribution in [-0.4, -0.2) is 46.1 Å². The first-order valence-corrected chi connectivity index (χ1v) is 13.7. The maximum atomic E-state index is 13.9. The molecular weight excluding hydrogens is 470 g/mol. The molecule has 3 heterocycles. The normalized spacial score (nSPS) is 16.3. The smallest absolute Gasteiger partial charge is 0.256 e. The van der Waals surface area contributed by atoms with E-state index in [4.69, 9.17) is 4.98 Å². The van der Waals surface area contributed by atoms with Crippen LogP contribution in [-0.2, 0) is 17.1 Å². The molecule has 8 nitrogen and oxygen atoms in total. The fourth-order valence-electron chi connectivity index (χ4n) is 4.49. The van der Waals surface area contributed by atoms with Crippen LogP contribution < -0.4 is 4.72 Å². The van der Waals surface area contributed by atoms with Crippen LogP contribution in [0, 0.1) is 0 Å². The zero-order valence-corrected chi connectivity index (χ0v) is 20.6. The van der Waals surface area contributed by atoms with Crippen molar-refractivity contribution in [3.8, 4) is 11.4 Å². The van der Waals surface area contributed by atoms with Crippen LogP contribution in [0.2, 0.25) is 0 Å². The molecule has 34 heavy (non-hydrogen) atoms. The number of hydrogen-bond donors (Lipinski definition) is 1. The zero-order chi connectivity index (χ0) is 23.9. The van der Waals surface area contributed by atoms with E-state index in [2.05, 4.69) is 9.71 Å². The van der Waals surface area contributed by atoms with Gasteiger partial charge < -0.3 is 9.47 Å². The SMILES string of the molecule is CCS(=O)(=O)Nc1cc(C(=O)N2CCCC2c2nccs2)c2c(c1)nc(-c1ccccc1)n2C. The van der Waals surface area contributed by atoms with Gasteiger partial charge in [-0.1, -0.05) is 30.3 Å². The Morgan fingerprint density at radius 2 is 2.03 bits per heavy atom. The lowest BCUT2D eigenvalue weighted by atomic mass is 10.1. The molecule has 1 amide bonds. The average molecular weight is 496 g/mol. The number of nitrogens with zero attached hydrogens (tertiary/aromatic N) is 4. The number of amides is 1. The van der Waals surface area contributed by atoms with E-state index in [9.17, 15) is 13.2 Å². The van der Waals surface area contributed by atoms with Crippen molar-refractivity contribution < 1.29 is 13.2 Å². The number of rotatable bonds is 6. The fraction of sp³-hybridized carbons (Fsp3) is 0.292. The molecule has 1 saturated heterocycles. The van der Waals surface area contributed by atoms with Crippen LogP contribution in [0.25, 0.3) is 22.4 Å². The van der Waals surface area contributed by atoms with Crippen LogP contribution in [0.15, 0.2) is 54.0 Å². The summed E-state index contributed by atoms with van der Waals surface area (Å²) in [7, 11) is -1.64. The van der Waals surface area contributed by atoms with Crippen molar-refractivity contribution in [2.45, 2.75) is 25.8 Å². The monoisotopic (exact) mass is 495 g/mol. The lowest BCUT2D eigenvalue weighted by Gasteiger charge is -2.24. The van der Waals surface area contributed by atoms with Gasteiger partial charge in [-0.2, -0.15) is 0 Å². The topological polar surface area (TPSA) is 97.2 Å². The van der Waals surface area contributed by atoms with Crippen LogP contribution >= 0.6 is 11.3 Å². The van der Waals surface area contributed by atoms with Gasteiger partial charge in [0.15, 0.2) is 0 Å².